The first kappa shape index (κ1) is 25.2. The summed E-state index contributed by atoms with van der Waals surface area (Å²) in [6, 6.07) is 15.6. The van der Waals surface area contributed by atoms with Crippen LogP contribution in [0.3, 0.4) is 0 Å². The van der Waals surface area contributed by atoms with Crippen LogP contribution in [0, 0.1) is 0 Å². The Kier molecular flexibility index (Phi) is 9.83. The maximum atomic E-state index is 11.6. The summed E-state index contributed by atoms with van der Waals surface area (Å²) in [7, 11) is -3.15. The summed E-state index contributed by atoms with van der Waals surface area (Å²) in [5, 5.41) is 6.63. The molecule has 31 heavy (non-hydrogen) atoms. The minimum atomic E-state index is -3.15. The van der Waals surface area contributed by atoms with Gasteiger partial charge in [0, 0.05) is 38.1 Å². The molecule has 0 aliphatic carbocycles. The summed E-state index contributed by atoms with van der Waals surface area (Å²) >= 11 is 0. The van der Waals surface area contributed by atoms with E-state index < -0.39 is 9.84 Å². The summed E-state index contributed by atoms with van der Waals surface area (Å²) in [4.78, 5) is 7.38. The van der Waals surface area contributed by atoms with Gasteiger partial charge in [-0.3, -0.25) is 0 Å². The fourth-order valence-corrected chi connectivity index (χ4v) is 3.91. The molecule has 0 unspecified atom stereocenters. The summed E-state index contributed by atoms with van der Waals surface area (Å²) in [5.41, 5.74) is 3.48. The lowest BCUT2D eigenvalue weighted by atomic mass is 10.1. The zero-order valence-electron chi connectivity index (χ0n) is 18.0. The average Bonchev–Trinajstić information content (AvgIpc) is 3.27. The molecule has 0 aromatic heterocycles. The van der Waals surface area contributed by atoms with E-state index in [0.717, 1.165) is 37.6 Å². The molecule has 2 N–H and O–H groups in total. The average molecular weight is 554 g/mol. The lowest BCUT2D eigenvalue weighted by Gasteiger charge is -2.18. The second kappa shape index (κ2) is 12.1. The van der Waals surface area contributed by atoms with Crippen molar-refractivity contribution in [3.63, 3.8) is 0 Å². The van der Waals surface area contributed by atoms with Crippen LogP contribution in [-0.4, -0.2) is 46.8 Å². The molecule has 0 amide bonds. The Morgan fingerprint density at radius 1 is 1.03 bits per heavy atom. The van der Waals surface area contributed by atoms with E-state index in [9.17, 15) is 8.42 Å². The van der Waals surface area contributed by atoms with Gasteiger partial charge in [0.25, 0.3) is 0 Å². The fraction of sp³-hybridized carbons (Fsp3) is 0.348. The van der Waals surface area contributed by atoms with Crippen LogP contribution in [-0.2, 0) is 22.8 Å². The van der Waals surface area contributed by atoms with Gasteiger partial charge in [-0.2, -0.15) is 0 Å². The van der Waals surface area contributed by atoms with E-state index in [4.69, 9.17) is 4.99 Å². The van der Waals surface area contributed by atoms with Gasteiger partial charge in [-0.1, -0.05) is 36.4 Å². The second-order valence-corrected chi connectivity index (χ2v) is 9.35. The van der Waals surface area contributed by atoms with E-state index in [0.29, 0.717) is 18.0 Å². The van der Waals surface area contributed by atoms with Crippen molar-refractivity contribution in [3.05, 3.63) is 71.8 Å². The van der Waals surface area contributed by atoms with Crippen molar-refractivity contribution in [1.82, 2.24) is 10.6 Å². The number of aliphatic imine (C=N–C) groups is 1. The Bertz CT molecular complexity index is 996. The molecule has 8 heteroatoms. The van der Waals surface area contributed by atoms with E-state index in [1.165, 1.54) is 17.5 Å². The van der Waals surface area contributed by atoms with Gasteiger partial charge < -0.3 is 15.5 Å². The number of rotatable bonds is 8. The highest BCUT2D eigenvalue weighted by molar-refractivity contribution is 14.0. The number of halogens is 1. The van der Waals surface area contributed by atoms with Gasteiger partial charge in [-0.15, -0.1) is 24.0 Å². The highest BCUT2D eigenvalue weighted by atomic mass is 127. The number of hydrogen-bond acceptors (Lipinski definition) is 4. The van der Waals surface area contributed by atoms with Crippen LogP contribution < -0.4 is 15.5 Å². The first-order valence-corrected chi connectivity index (χ1v) is 12.1. The van der Waals surface area contributed by atoms with Gasteiger partial charge in [0.2, 0.25) is 0 Å². The number of benzene rings is 2. The van der Waals surface area contributed by atoms with Crippen molar-refractivity contribution >= 4 is 45.5 Å². The summed E-state index contributed by atoms with van der Waals surface area (Å²) < 4.78 is 23.1. The number of nitrogens with zero attached hydrogens (tertiary/aromatic N) is 2. The number of guanidine groups is 1. The third kappa shape index (κ3) is 7.84. The maximum Gasteiger partial charge on any atom is 0.191 e. The number of sulfone groups is 1. The number of hydrogen-bond donors (Lipinski definition) is 2. The molecule has 1 heterocycles. The SMILES string of the molecule is CCNC(=NCc1cccc(N2CC=CC2)c1)NCCc1ccc(S(C)(=O)=O)cc1.I. The molecule has 0 fully saturated rings. The van der Waals surface area contributed by atoms with Crippen LogP contribution >= 0.6 is 24.0 Å². The molecule has 1 aliphatic heterocycles. The highest BCUT2D eigenvalue weighted by Gasteiger charge is 2.08. The predicted octanol–water partition coefficient (Wildman–Crippen LogP) is 3.38. The molecule has 0 saturated heterocycles. The first-order chi connectivity index (χ1) is 14.5. The lowest BCUT2D eigenvalue weighted by Crippen LogP contribution is -2.38. The van der Waals surface area contributed by atoms with Crippen LogP contribution in [0.5, 0.6) is 0 Å². The van der Waals surface area contributed by atoms with Crippen molar-refractivity contribution < 1.29 is 8.42 Å². The Labute approximate surface area is 202 Å². The predicted molar refractivity (Wildman–Crippen MR) is 139 cm³/mol. The Morgan fingerprint density at radius 2 is 1.74 bits per heavy atom. The smallest absolute Gasteiger partial charge is 0.191 e. The molecule has 0 saturated carbocycles. The van der Waals surface area contributed by atoms with Crippen molar-refractivity contribution in [2.75, 3.05) is 37.3 Å². The van der Waals surface area contributed by atoms with Crippen LogP contribution in [0.4, 0.5) is 5.69 Å². The zero-order chi connectivity index (χ0) is 21.4. The van der Waals surface area contributed by atoms with Gasteiger partial charge in [0.15, 0.2) is 15.8 Å². The van der Waals surface area contributed by atoms with E-state index >= 15 is 0 Å². The van der Waals surface area contributed by atoms with Crippen LogP contribution in [0.25, 0.3) is 0 Å². The summed E-state index contributed by atoms with van der Waals surface area (Å²) in [5.74, 6) is 0.776. The highest BCUT2D eigenvalue weighted by Crippen LogP contribution is 2.19. The van der Waals surface area contributed by atoms with E-state index in [-0.39, 0.29) is 24.0 Å². The minimum absolute atomic E-state index is 0. The van der Waals surface area contributed by atoms with Crippen molar-refractivity contribution in [3.8, 4) is 0 Å². The monoisotopic (exact) mass is 554 g/mol. The largest absolute Gasteiger partial charge is 0.364 e. The van der Waals surface area contributed by atoms with E-state index in [1.807, 2.05) is 19.1 Å². The molecule has 6 nitrogen and oxygen atoms in total. The molecular weight excluding hydrogens is 523 g/mol. The molecule has 3 rings (SSSR count). The molecule has 2 aromatic rings. The van der Waals surface area contributed by atoms with Gasteiger partial charge in [-0.25, -0.2) is 13.4 Å². The van der Waals surface area contributed by atoms with Crippen molar-refractivity contribution in [1.29, 1.82) is 0 Å². The first-order valence-electron chi connectivity index (χ1n) is 10.3. The summed E-state index contributed by atoms with van der Waals surface area (Å²) in [6.07, 6.45) is 6.38. The normalized spacial score (nSPS) is 13.7. The van der Waals surface area contributed by atoms with Gasteiger partial charge in [0.1, 0.15) is 0 Å². The molecule has 0 spiro atoms. The minimum Gasteiger partial charge on any atom is -0.364 e. The summed E-state index contributed by atoms with van der Waals surface area (Å²) in [6.45, 7) is 6.07. The van der Waals surface area contributed by atoms with Crippen LogP contribution in [0.2, 0.25) is 0 Å². The Hall–Kier alpha value is -2.07. The third-order valence-corrected chi connectivity index (χ3v) is 6.04. The zero-order valence-corrected chi connectivity index (χ0v) is 21.2. The Balaban J connectivity index is 0.00000341. The molecule has 0 bridgehead atoms. The number of nitrogens with one attached hydrogen (secondary N) is 2. The maximum absolute atomic E-state index is 11.6. The molecule has 0 atom stereocenters. The van der Waals surface area contributed by atoms with Crippen LogP contribution in [0.15, 0.2) is 70.6 Å². The van der Waals surface area contributed by atoms with Crippen molar-refractivity contribution in [2.24, 2.45) is 4.99 Å². The van der Waals surface area contributed by atoms with Gasteiger partial charge >= 0.3 is 0 Å². The van der Waals surface area contributed by atoms with E-state index in [2.05, 4.69) is 52.0 Å². The molecular formula is C23H31IN4O2S. The quantitative estimate of drug-likeness (QED) is 0.227. The van der Waals surface area contributed by atoms with E-state index in [1.54, 1.807) is 12.1 Å². The second-order valence-electron chi connectivity index (χ2n) is 7.33. The molecule has 168 valence electrons. The van der Waals surface area contributed by atoms with Gasteiger partial charge in [-0.05, 0) is 48.7 Å². The lowest BCUT2D eigenvalue weighted by molar-refractivity contribution is 0.602. The number of anilines is 1. The molecule has 0 radical (unpaired) electrons. The van der Waals surface area contributed by atoms with Crippen LogP contribution in [0.1, 0.15) is 18.1 Å². The molecule has 1 aliphatic rings. The molecule has 2 aromatic carbocycles. The standard InChI is InChI=1S/C23H30N4O2S.HI/c1-3-24-23(25-14-13-19-9-11-22(12-10-19)30(2,28)29)26-18-20-7-6-8-21(17-20)27-15-4-5-16-27;/h4-12,17H,3,13-16,18H2,1-2H3,(H2,24,25,26);1H. The Morgan fingerprint density at radius 3 is 2.39 bits per heavy atom. The van der Waals surface area contributed by atoms with Crippen molar-refractivity contribution in [2.45, 2.75) is 24.8 Å². The topological polar surface area (TPSA) is 73.8 Å². The van der Waals surface area contributed by atoms with Gasteiger partial charge in [0.05, 0.1) is 11.4 Å². The fourth-order valence-electron chi connectivity index (χ4n) is 3.28. The third-order valence-electron chi connectivity index (χ3n) is 4.92.